The van der Waals surface area contributed by atoms with Crippen LogP contribution >= 0.6 is 0 Å². The Morgan fingerprint density at radius 1 is 0.967 bits per heavy atom. The third-order valence-electron chi connectivity index (χ3n) is 6.23. The number of rotatable bonds is 5. The van der Waals surface area contributed by atoms with Crippen LogP contribution in [0.1, 0.15) is 24.0 Å². The zero-order valence-corrected chi connectivity index (χ0v) is 18.4. The van der Waals surface area contributed by atoms with Gasteiger partial charge in [0.2, 0.25) is 5.75 Å². The largest absolute Gasteiger partial charge is 0.493 e. The molecule has 1 spiro atoms. The summed E-state index contributed by atoms with van der Waals surface area (Å²) in [4.78, 5) is 4.87. The van der Waals surface area contributed by atoms with E-state index in [1.165, 1.54) is 5.56 Å². The van der Waals surface area contributed by atoms with Crippen LogP contribution in [0.4, 0.5) is 0 Å². The van der Waals surface area contributed by atoms with E-state index in [0.29, 0.717) is 17.2 Å². The predicted molar refractivity (Wildman–Crippen MR) is 117 cm³/mol. The zero-order chi connectivity index (χ0) is 21.1. The van der Waals surface area contributed by atoms with E-state index in [4.69, 9.17) is 18.9 Å². The molecule has 0 aliphatic carbocycles. The minimum atomic E-state index is -0.153. The maximum absolute atomic E-state index is 6.69. The van der Waals surface area contributed by atoms with Crippen molar-refractivity contribution in [2.75, 3.05) is 48.0 Å². The summed E-state index contributed by atoms with van der Waals surface area (Å²) in [5.41, 5.74) is 2.22. The van der Waals surface area contributed by atoms with Crippen LogP contribution in [0.3, 0.4) is 0 Å². The molecule has 2 aromatic rings. The van der Waals surface area contributed by atoms with Gasteiger partial charge in [-0.15, -0.1) is 0 Å². The summed E-state index contributed by atoms with van der Waals surface area (Å²) in [5.74, 6) is 3.02. The molecule has 0 radical (unpaired) electrons. The lowest BCUT2D eigenvalue weighted by Crippen LogP contribution is -2.52. The SMILES string of the molecule is COc1cc(CN2Cc3ccccc3OC3(CCN(C)CC3)C2)cc(OC)c1OC. The van der Waals surface area contributed by atoms with Crippen molar-refractivity contribution < 1.29 is 18.9 Å². The quantitative estimate of drug-likeness (QED) is 0.748. The van der Waals surface area contributed by atoms with E-state index < -0.39 is 0 Å². The minimum Gasteiger partial charge on any atom is -0.493 e. The molecule has 0 saturated carbocycles. The molecule has 0 amide bonds. The van der Waals surface area contributed by atoms with Crippen LogP contribution in [-0.4, -0.2) is 63.4 Å². The molecule has 1 fully saturated rings. The van der Waals surface area contributed by atoms with E-state index in [9.17, 15) is 0 Å². The highest BCUT2D eigenvalue weighted by atomic mass is 16.5. The van der Waals surface area contributed by atoms with Crippen molar-refractivity contribution in [3.8, 4) is 23.0 Å². The number of piperidine rings is 1. The first-order valence-corrected chi connectivity index (χ1v) is 10.5. The Labute approximate surface area is 179 Å². The second kappa shape index (κ2) is 8.74. The van der Waals surface area contributed by atoms with Gasteiger partial charge in [0.05, 0.1) is 21.3 Å². The van der Waals surface area contributed by atoms with Gasteiger partial charge < -0.3 is 23.8 Å². The summed E-state index contributed by atoms with van der Waals surface area (Å²) in [6.45, 7) is 4.64. The molecule has 162 valence electrons. The maximum atomic E-state index is 6.69. The Morgan fingerprint density at radius 3 is 2.27 bits per heavy atom. The Bertz CT molecular complexity index is 852. The number of hydrogen-bond acceptors (Lipinski definition) is 6. The smallest absolute Gasteiger partial charge is 0.203 e. The monoisotopic (exact) mass is 412 g/mol. The predicted octanol–water partition coefficient (Wildman–Crippen LogP) is 3.57. The first-order chi connectivity index (χ1) is 14.6. The van der Waals surface area contributed by atoms with Gasteiger partial charge in [0, 0.05) is 51.1 Å². The van der Waals surface area contributed by atoms with Gasteiger partial charge >= 0.3 is 0 Å². The first kappa shape index (κ1) is 20.8. The molecule has 6 nitrogen and oxygen atoms in total. The fraction of sp³-hybridized carbons (Fsp3) is 0.500. The van der Waals surface area contributed by atoms with Crippen molar-refractivity contribution in [1.82, 2.24) is 9.80 Å². The van der Waals surface area contributed by atoms with E-state index in [1.54, 1.807) is 21.3 Å². The van der Waals surface area contributed by atoms with E-state index in [-0.39, 0.29) is 5.60 Å². The molecule has 1 saturated heterocycles. The van der Waals surface area contributed by atoms with Gasteiger partial charge in [0.25, 0.3) is 0 Å². The van der Waals surface area contributed by atoms with Gasteiger partial charge in [-0.05, 0) is 30.8 Å². The van der Waals surface area contributed by atoms with Crippen molar-refractivity contribution in [2.24, 2.45) is 0 Å². The summed E-state index contributed by atoms with van der Waals surface area (Å²) in [6, 6.07) is 12.5. The lowest BCUT2D eigenvalue weighted by molar-refractivity contribution is -0.0146. The Hall–Kier alpha value is -2.44. The van der Waals surface area contributed by atoms with Crippen LogP contribution in [0.5, 0.6) is 23.0 Å². The molecule has 0 N–H and O–H groups in total. The van der Waals surface area contributed by atoms with Crippen molar-refractivity contribution in [3.63, 3.8) is 0 Å². The molecular formula is C24H32N2O4. The molecule has 2 aromatic carbocycles. The topological polar surface area (TPSA) is 43.4 Å². The van der Waals surface area contributed by atoms with Crippen molar-refractivity contribution >= 4 is 0 Å². The molecule has 2 heterocycles. The molecule has 30 heavy (non-hydrogen) atoms. The molecule has 0 bridgehead atoms. The van der Waals surface area contributed by atoms with Gasteiger partial charge in [-0.2, -0.15) is 0 Å². The van der Waals surface area contributed by atoms with Crippen LogP contribution in [0.2, 0.25) is 0 Å². The van der Waals surface area contributed by atoms with E-state index >= 15 is 0 Å². The molecule has 2 aliphatic rings. The third kappa shape index (κ3) is 4.20. The van der Waals surface area contributed by atoms with Gasteiger partial charge in [-0.25, -0.2) is 0 Å². The number of hydrogen-bond donors (Lipinski definition) is 0. The van der Waals surface area contributed by atoms with E-state index in [1.807, 2.05) is 12.1 Å². The molecule has 2 aliphatic heterocycles. The van der Waals surface area contributed by atoms with Crippen molar-refractivity contribution in [2.45, 2.75) is 31.5 Å². The van der Waals surface area contributed by atoms with E-state index in [2.05, 4.69) is 41.1 Å². The second-order valence-electron chi connectivity index (χ2n) is 8.37. The highest BCUT2D eigenvalue weighted by molar-refractivity contribution is 5.53. The van der Waals surface area contributed by atoms with Gasteiger partial charge in [0.15, 0.2) is 11.5 Å². The Balaban J connectivity index is 1.65. The van der Waals surface area contributed by atoms with Crippen molar-refractivity contribution in [1.29, 1.82) is 0 Å². The maximum Gasteiger partial charge on any atom is 0.203 e. The highest BCUT2D eigenvalue weighted by Gasteiger charge is 2.40. The summed E-state index contributed by atoms with van der Waals surface area (Å²) >= 11 is 0. The summed E-state index contributed by atoms with van der Waals surface area (Å²) in [6.07, 6.45) is 2.06. The van der Waals surface area contributed by atoms with Crippen LogP contribution in [0.15, 0.2) is 36.4 Å². The first-order valence-electron chi connectivity index (χ1n) is 10.5. The number of fused-ring (bicyclic) bond motifs is 1. The van der Waals surface area contributed by atoms with Crippen molar-refractivity contribution in [3.05, 3.63) is 47.5 Å². The number of methoxy groups -OCH3 is 3. The minimum absolute atomic E-state index is 0.153. The summed E-state index contributed by atoms with van der Waals surface area (Å²) in [7, 11) is 7.13. The summed E-state index contributed by atoms with van der Waals surface area (Å²) < 4.78 is 23.3. The number of ether oxygens (including phenoxy) is 4. The molecule has 0 aromatic heterocycles. The molecular weight excluding hydrogens is 380 g/mol. The molecule has 4 rings (SSSR count). The molecule has 0 atom stereocenters. The van der Waals surface area contributed by atoms with Crippen LogP contribution in [0.25, 0.3) is 0 Å². The Morgan fingerprint density at radius 2 is 1.63 bits per heavy atom. The number of nitrogens with zero attached hydrogens (tertiary/aromatic N) is 2. The van der Waals surface area contributed by atoms with Gasteiger partial charge in [0.1, 0.15) is 11.4 Å². The Kier molecular flexibility index (Phi) is 6.06. The van der Waals surface area contributed by atoms with Gasteiger partial charge in [-0.3, -0.25) is 4.90 Å². The molecule has 6 heteroatoms. The van der Waals surface area contributed by atoms with Crippen LogP contribution < -0.4 is 18.9 Å². The average molecular weight is 413 g/mol. The van der Waals surface area contributed by atoms with E-state index in [0.717, 1.165) is 56.9 Å². The number of likely N-dealkylation sites (tertiary alicyclic amines) is 1. The fourth-order valence-electron chi connectivity index (χ4n) is 4.59. The highest BCUT2D eigenvalue weighted by Crippen LogP contribution is 2.40. The number of benzene rings is 2. The third-order valence-corrected chi connectivity index (χ3v) is 6.23. The standard InChI is InChI=1S/C24H32N2O4/c1-25-11-9-24(10-12-25)17-26(16-19-7-5-6-8-20(19)30-24)15-18-13-21(27-2)23(29-4)22(14-18)28-3/h5-8,13-14H,9-12,15-17H2,1-4H3. The normalized spacial score (nSPS) is 18.9. The number of para-hydroxylation sites is 1. The molecule has 0 unspecified atom stereocenters. The zero-order valence-electron chi connectivity index (χ0n) is 18.4. The van der Waals surface area contributed by atoms with Crippen LogP contribution in [0, 0.1) is 0 Å². The fourth-order valence-corrected chi connectivity index (χ4v) is 4.59. The van der Waals surface area contributed by atoms with Gasteiger partial charge in [-0.1, -0.05) is 18.2 Å². The average Bonchev–Trinajstić information content (AvgIpc) is 2.91. The second-order valence-corrected chi connectivity index (χ2v) is 8.37. The van der Waals surface area contributed by atoms with Crippen LogP contribution in [-0.2, 0) is 13.1 Å². The summed E-state index contributed by atoms with van der Waals surface area (Å²) in [5, 5.41) is 0. The lowest BCUT2D eigenvalue weighted by atomic mass is 9.90. The lowest BCUT2D eigenvalue weighted by Gasteiger charge is -2.42.